The van der Waals surface area contributed by atoms with E-state index >= 15 is 0 Å². The number of rotatable bonds is 19. The number of fused-ring (bicyclic) bond motifs is 1. The SMILES string of the molecule is CSCC[C@H](NC(=O)[C@H](CC(=O)O)NC(C)=O)C(=O)N[C@@H](CCC(N)=O)C(=O)N[C@@H](CC(=O)O)C(=O)Nc1ccc2oc(=O)cc(C(F)(F)F)c2c1. The second kappa shape index (κ2) is 19.1. The number of nitrogens with two attached hydrogens (primary N) is 1. The molecule has 0 fully saturated rings. The Hall–Kier alpha value is -5.67. The molecule has 9 N–H and O–H groups in total. The number of anilines is 1. The van der Waals surface area contributed by atoms with Crippen molar-refractivity contribution in [2.24, 2.45) is 5.73 Å². The number of aliphatic carboxylic acids is 2. The van der Waals surface area contributed by atoms with Crippen LogP contribution in [0.4, 0.5) is 18.9 Å². The Balaban J connectivity index is 2.36. The average molecular weight is 761 g/mol. The molecule has 4 atom stereocenters. The van der Waals surface area contributed by atoms with E-state index in [0.29, 0.717) is 0 Å². The fourth-order valence-electron chi connectivity index (χ4n) is 4.59. The summed E-state index contributed by atoms with van der Waals surface area (Å²) in [6.07, 6.45) is -6.29. The first kappa shape index (κ1) is 42.5. The van der Waals surface area contributed by atoms with Crippen molar-refractivity contribution in [3.05, 3.63) is 40.2 Å². The molecule has 1 aromatic heterocycles. The van der Waals surface area contributed by atoms with Gasteiger partial charge in [0.05, 0.1) is 18.4 Å². The number of alkyl halides is 3. The lowest BCUT2D eigenvalue weighted by atomic mass is 10.1. The van der Waals surface area contributed by atoms with Crippen molar-refractivity contribution in [2.75, 3.05) is 17.3 Å². The molecule has 1 heterocycles. The molecular weight excluding hydrogens is 725 g/mol. The van der Waals surface area contributed by atoms with Crippen molar-refractivity contribution in [1.29, 1.82) is 0 Å². The summed E-state index contributed by atoms with van der Waals surface area (Å²) in [5.74, 6) is -8.95. The molecule has 6 amide bonds. The number of hydrogen-bond donors (Lipinski definition) is 8. The van der Waals surface area contributed by atoms with Crippen molar-refractivity contribution in [3.63, 3.8) is 0 Å². The van der Waals surface area contributed by atoms with Crippen LogP contribution in [0.2, 0.25) is 0 Å². The van der Waals surface area contributed by atoms with Crippen LogP contribution in [0, 0.1) is 0 Å². The topological polar surface area (TPSA) is 293 Å². The van der Waals surface area contributed by atoms with Gasteiger partial charge in [-0.2, -0.15) is 24.9 Å². The lowest BCUT2D eigenvalue weighted by Crippen LogP contribution is -2.58. The molecule has 18 nitrogen and oxygen atoms in total. The van der Waals surface area contributed by atoms with E-state index in [-0.39, 0.29) is 23.9 Å². The Morgan fingerprint density at radius 1 is 0.808 bits per heavy atom. The van der Waals surface area contributed by atoms with Crippen molar-refractivity contribution < 1.29 is 66.2 Å². The molecule has 0 radical (unpaired) electrons. The zero-order valence-electron chi connectivity index (χ0n) is 27.5. The van der Waals surface area contributed by atoms with Gasteiger partial charge in [-0.05, 0) is 43.0 Å². The Bertz CT molecular complexity index is 1750. The molecule has 0 saturated heterocycles. The van der Waals surface area contributed by atoms with Gasteiger partial charge in [-0.1, -0.05) is 0 Å². The minimum absolute atomic E-state index is 0.0714. The normalized spacial score (nSPS) is 13.5. The highest BCUT2D eigenvalue weighted by Gasteiger charge is 2.35. The van der Waals surface area contributed by atoms with Crippen LogP contribution in [-0.4, -0.2) is 93.8 Å². The minimum Gasteiger partial charge on any atom is -0.481 e. The molecule has 2 aromatic rings. The number of primary amides is 1. The minimum atomic E-state index is -5.00. The first-order valence-electron chi connectivity index (χ1n) is 15.1. The summed E-state index contributed by atoms with van der Waals surface area (Å²) < 4.78 is 45.5. The van der Waals surface area contributed by atoms with Crippen LogP contribution in [0.15, 0.2) is 33.5 Å². The van der Waals surface area contributed by atoms with Crippen LogP contribution in [0.5, 0.6) is 0 Å². The summed E-state index contributed by atoms with van der Waals surface area (Å²) in [6, 6.07) is -3.58. The van der Waals surface area contributed by atoms with Crippen LogP contribution < -0.4 is 37.9 Å². The molecule has 1 aromatic carbocycles. The molecule has 22 heteroatoms. The summed E-state index contributed by atoms with van der Waals surface area (Å²) >= 11 is 1.25. The summed E-state index contributed by atoms with van der Waals surface area (Å²) in [6.45, 7) is 1.03. The quantitative estimate of drug-likeness (QED) is 0.0853. The number of amides is 6. The Labute approximate surface area is 295 Å². The Morgan fingerprint density at radius 3 is 1.83 bits per heavy atom. The summed E-state index contributed by atoms with van der Waals surface area (Å²) in [5, 5.41) is 29.0. The fourth-order valence-corrected chi connectivity index (χ4v) is 5.07. The predicted octanol–water partition coefficient (Wildman–Crippen LogP) is -0.323. The summed E-state index contributed by atoms with van der Waals surface area (Å²) in [4.78, 5) is 110. The van der Waals surface area contributed by atoms with Gasteiger partial charge in [0.1, 0.15) is 29.8 Å². The second-order valence-electron chi connectivity index (χ2n) is 11.1. The standard InChI is InChI=1S/C30H35F3N6O12S/c1-13(40)35-19(11-23(42)43)29(50)38-18(7-8-52-2)27(48)37-17(4-6-22(34)41)26(47)39-20(12-24(44)45)28(49)36-14-3-5-21-15(9-14)16(30(31,32)33)10-25(46)51-21/h3,5,9-10,17-20H,4,6-8,11-12H2,1-2H3,(H2,34,41)(H,35,40)(H,36,49)(H,37,48)(H,38,50)(H,39,47)(H,42,43)(H,44,45)/t17-,18-,19-,20-/m0/s1. The van der Waals surface area contributed by atoms with Crippen molar-refractivity contribution in [1.82, 2.24) is 21.3 Å². The summed E-state index contributed by atoms with van der Waals surface area (Å²) in [5.41, 5.74) is 1.75. The highest BCUT2D eigenvalue weighted by molar-refractivity contribution is 7.98. The van der Waals surface area contributed by atoms with Crippen molar-refractivity contribution in [2.45, 2.75) is 69.4 Å². The Morgan fingerprint density at radius 2 is 1.33 bits per heavy atom. The number of halogens is 3. The first-order valence-corrected chi connectivity index (χ1v) is 16.5. The van der Waals surface area contributed by atoms with E-state index in [1.54, 1.807) is 6.26 Å². The van der Waals surface area contributed by atoms with E-state index in [4.69, 9.17) is 15.3 Å². The van der Waals surface area contributed by atoms with Gasteiger partial charge in [0, 0.05) is 30.5 Å². The third kappa shape index (κ3) is 13.6. The van der Waals surface area contributed by atoms with Gasteiger partial charge in [0.15, 0.2) is 0 Å². The highest BCUT2D eigenvalue weighted by Crippen LogP contribution is 2.34. The molecule has 2 rings (SSSR count). The molecule has 0 spiro atoms. The molecule has 0 bridgehead atoms. The van der Waals surface area contributed by atoms with Crippen LogP contribution in [0.1, 0.15) is 44.6 Å². The van der Waals surface area contributed by atoms with E-state index < -0.39 is 126 Å². The molecule has 0 saturated carbocycles. The molecule has 284 valence electrons. The monoisotopic (exact) mass is 760 g/mol. The molecule has 0 aliphatic rings. The zero-order chi connectivity index (χ0) is 39.3. The third-order valence-corrected chi connectivity index (χ3v) is 7.60. The van der Waals surface area contributed by atoms with Gasteiger partial charge in [-0.15, -0.1) is 0 Å². The zero-order valence-corrected chi connectivity index (χ0v) is 28.3. The largest absolute Gasteiger partial charge is 0.481 e. The summed E-state index contributed by atoms with van der Waals surface area (Å²) in [7, 11) is 0. The number of carboxylic acid groups (broad SMARTS) is 2. The molecular formula is C30H35F3N6O12S. The van der Waals surface area contributed by atoms with Crippen LogP contribution in [0.3, 0.4) is 0 Å². The number of nitrogens with one attached hydrogen (secondary N) is 5. The Kier molecular flexibility index (Phi) is 15.6. The van der Waals surface area contributed by atoms with E-state index in [2.05, 4.69) is 26.6 Å². The maximum absolute atomic E-state index is 13.6. The number of carbonyl (C=O) groups is 8. The predicted molar refractivity (Wildman–Crippen MR) is 175 cm³/mol. The van der Waals surface area contributed by atoms with Crippen LogP contribution >= 0.6 is 11.8 Å². The highest BCUT2D eigenvalue weighted by atomic mass is 32.2. The average Bonchev–Trinajstić information content (AvgIpc) is 3.02. The number of hydrogen-bond acceptors (Lipinski definition) is 11. The lowest BCUT2D eigenvalue weighted by Gasteiger charge is -2.26. The number of carbonyl (C=O) groups excluding carboxylic acids is 6. The van der Waals surface area contributed by atoms with Gasteiger partial charge in [-0.3, -0.25) is 38.4 Å². The smallest absolute Gasteiger partial charge is 0.417 e. The fraction of sp³-hybridized carbons (Fsp3) is 0.433. The van der Waals surface area contributed by atoms with Crippen molar-refractivity contribution in [3.8, 4) is 0 Å². The second-order valence-corrected chi connectivity index (χ2v) is 12.1. The first-order chi connectivity index (χ1) is 24.2. The van der Waals surface area contributed by atoms with E-state index in [9.17, 15) is 61.4 Å². The molecule has 52 heavy (non-hydrogen) atoms. The van der Waals surface area contributed by atoms with Gasteiger partial charge in [0.2, 0.25) is 35.4 Å². The van der Waals surface area contributed by atoms with E-state index in [1.807, 2.05) is 0 Å². The van der Waals surface area contributed by atoms with E-state index in [1.165, 1.54) is 11.8 Å². The number of carboxylic acids is 2. The third-order valence-electron chi connectivity index (χ3n) is 6.96. The number of thioether (sulfide) groups is 1. The number of benzene rings is 1. The molecule has 0 aliphatic heterocycles. The van der Waals surface area contributed by atoms with E-state index in [0.717, 1.165) is 25.1 Å². The van der Waals surface area contributed by atoms with Crippen LogP contribution in [0.25, 0.3) is 11.0 Å². The molecule has 0 aliphatic carbocycles. The van der Waals surface area contributed by atoms with Crippen LogP contribution in [-0.2, 0) is 44.5 Å². The maximum Gasteiger partial charge on any atom is 0.417 e. The van der Waals surface area contributed by atoms with Gasteiger partial charge in [-0.25, -0.2) is 4.79 Å². The maximum atomic E-state index is 13.6. The van der Waals surface area contributed by atoms with Gasteiger partial charge >= 0.3 is 23.7 Å². The lowest BCUT2D eigenvalue weighted by molar-refractivity contribution is -0.141. The molecule has 0 unspecified atom stereocenters. The van der Waals surface area contributed by atoms with Crippen molar-refractivity contribution >= 4 is 75.8 Å². The van der Waals surface area contributed by atoms with Gasteiger partial charge in [0.25, 0.3) is 0 Å². The van der Waals surface area contributed by atoms with Gasteiger partial charge < -0.3 is 46.9 Å².